The Bertz CT molecular complexity index is 1290. The van der Waals surface area contributed by atoms with E-state index >= 15 is 0 Å². The smallest absolute Gasteiger partial charge is 0.251 e. The Morgan fingerprint density at radius 1 is 1.16 bits per heavy atom. The van der Waals surface area contributed by atoms with Gasteiger partial charge in [-0.15, -0.1) is 6.58 Å². The number of sulfonamides is 1. The summed E-state index contributed by atoms with van der Waals surface area (Å²) in [5, 5.41) is 0. The number of piperidine rings is 1. The van der Waals surface area contributed by atoms with Crippen molar-refractivity contribution in [3.8, 4) is 0 Å². The molecule has 31 heavy (non-hydrogen) atoms. The van der Waals surface area contributed by atoms with Gasteiger partial charge in [-0.2, -0.15) is 9.30 Å². The van der Waals surface area contributed by atoms with Gasteiger partial charge in [-0.3, -0.25) is 4.79 Å². The maximum atomic E-state index is 13.1. The van der Waals surface area contributed by atoms with E-state index in [2.05, 4.69) is 11.6 Å². The summed E-state index contributed by atoms with van der Waals surface area (Å²) in [6, 6.07) is 12.6. The van der Waals surface area contributed by atoms with Gasteiger partial charge in [-0.1, -0.05) is 29.5 Å². The molecule has 1 aromatic heterocycles. The Hall–Kier alpha value is -2.62. The predicted molar refractivity (Wildman–Crippen MR) is 118 cm³/mol. The van der Waals surface area contributed by atoms with Crippen molar-refractivity contribution in [3.05, 3.63) is 71.8 Å². The van der Waals surface area contributed by atoms with Crippen molar-refractivity contribution in [2.45, 2.75) is 24.3 Å². The second-order valence-electron chi connectivity index (χ2n) is 7.33. The lowest BCUT2D eigenvalue weighted by molar-refractivity contribution is -0.122. The Labute approximate surface area is 184 Å². The minimum Gasteiger partial charge on any atom is -0.313 e. The molecule has 0 saturated carbocycles. The van der Waals surface area contributed by atoms with E-state index in [0.717, 1.165) is 22.3 Å². The van der Waals surface area contributed by atoms with Gasteiger partial charge in [0.15, 0.2) is 4.80 Å². The topological polar surface area (TPSA) is 71.7 Å². The number of para-hydroxylation sites is 1. The molecule has 9 heteroatoms. The Kier molecular flexibility index (Phi) is 6.17. The molecule has 162 valence electrons. The van der Waals surface area contributed by atoms with Crippen molar-refractivity contribution in [3.63, 3.8) is 0 Å². The normalized spacial score (nSPS) is 16.6. The van der Waals surface area contributed by atoms with Crippen molar-refractivity contribution in [1.29, 1.82) is 0 Å². The van der Waals surface area contributed by atoms with Gasteiger partial charge >= 0.3 is 0 Å². The number of amides is 1. The van der Waals surface area contributed by atoms with Crippen LogP contribution in [0.5, 0.6) is 0 Å². The van der Waals surface area contributed by atoms with E-state index in [-0.39, 0.29) is 29.8 Å². The molecule has 0 N–H and O–H groups in total. The molecular weight excluding hydrogens is 437 g/mol. The number of carbonyl (C=O) groups excluding carboxylic acids is 1. The third-order valence-corrected chi connectivity index (χ3v) is 8.33. The average molecular weight is 460 g/mol. The van der Waals surface area contributed by atoms with Gasteiger partial charge in [0.25, 0.3) is 5.91 Å². The maximum absolute atomic E-state index is 13.1. The fraction of sp³-hybridized carbons (Fsp3) is 0.273. The molecule has 2 heterocycles. The summed E-state index contributed by atoms with van der Waals surface area (Å²) in [5.74, 6) is -1.05. The Balaban J connectivity index is 1.51. The van der Waals surface area contributed by atoms with E-state index in [0.29, 0.717) is 24.2 Å². The van der Waals surface area contributed by atoms with Crippen molar-refractivity contribution >= 4 is 37.5 Å². The lowest BCUT2D eigenvalue weighted by Crippen LogP contribution is -2.40. The number of carbonyl (C=O) groups is 1. The van der Waals surface area contributed by atoms with Crippen LogP contribution in [0.25, 0.3) is 10.2 Å². The van der Waals surface area contributed by atoms with Gasteiger partial charge in [0.05, 0.1) is 15.1 Å². The molecule has 1 saturated heterocycles. The molecule has 1 amide bonds. The quantitative estimate of drug-likeness (QED) is 0.548. The summed E-state index contributed by atoms with van der Waals surface area (Å²) < 4.78 is 43.0. The largest absolute Gasteiger partial charge is 0.313 e. The second kappa shape index (κ2) is 8.86. The SMILES string of the molecule is C=CCn1c(=NC(=O)C2CCN(S(=O)(=O)c3ccc(F)cc3)CC2)sc2ccccc21. The molecular formula is C22H22FN3O3S2. The molecule has 0 bridgehead atoms. The molecule has 1 aliphatic rings. The fourth-order valence-corrected chi connectivity index (χ4v) is 6.21. The van der Waals surface area contributed by atoms with Crippen LogP contribution in [-0.2, 0) is 21.4 Å². The van der Waals surface area contributed by atoms with E-state index in [4.69, 9.17) is 0 Å². The summed E-state index contributed by atoms with van der Waals surface area (Å²) >= 11 is 1.45. The van der Waals surface area contributed by atoms with Crippen LogP contribution in [0.2, 0.25) is 0 Å². The second-order valence-corrected chi connectivity index (χ2v) is 10.3. The number of fused-ring (bicyclic) bond motifs is 1. The molecule has 0 radical (unpaired) electrons. The summed E-state index contributed by atoms with van der Waals surface area (Å²) in [7, 11) is -3.71. The monoisotopic (exact) mass is 459 g/mol. The fourth-order valence-electron chi connectivity index (χ4n) is 3.70. The molecule has 3 aromatic rings. The number of benzene rings is 2. The standard InChI is InChI=1S/C22H22FN3O3S2/c1-2-13-26-19-5-3-4-6-20(19)30-22(26)24-21(27)16-11-14-25(15-12-16)31(28,29)18-9-7-17(23)8-10-18/h2-10,16H,1,11-15H2. The summed E-state index contributed by atoms with van der Waals surface area (Å²) in [5.41, 5.74) is 0.999. The van der Waals surface area contributed by atoms with E-state index < -0.39 is 15.8 Å². The molecule has 0 spiro atoms. The third-order valence-electron chi connectivity index (χ3n) is 5.36. The molecule has 0 aliphatic carbocycles. The van der Waals surface area contributed by atoms with E-state index in [1.807, 2.05) is 28.8 Å². The van der Waals surface area contributed by atoms with Gasteiger partial charge in [-0.25, -0.2) is 12.8 Å². The number of thiazole rings is 1. The Morgan fingerprint density at radius 3 is 2.52 bits per heavy atom. The third kappa shape index (κ3) is 4.39. The lowest BCUT2D eigenvalue weighted by Gasteiger charge is -2.29. The van der Waals surface area contributed by atoms with Gasteiger partial charge in [0.1, 0.15) is 5.82 Å². The lowest BCUT2D eigenvalue weighted by atomic mass is 9.98. The first-order chi connectivity index (χ1) is 14.9. The number of nitrogens with zero attached hydrogens (tertiary/aromatic N) is 3. The van der Waals surface area contributed by atoms with Crippen LogP contribution < -0.4 is 4.80 Å². The van der Waals surface area contributed by atoms with Crippen LogP contribution in [0.1, 0.15) is 12.8 Å². The molecule has 0 unspecified atom stereocenters. The summed E-state index contributed by atoms with van der Waals surface area (Å²) in [4.78, 5) is 17.9. The van der Waals surface area contributed by atoms with Crippen LogP contribution in [-0.4, -0.2) is 36.3 Å². The van der Waals surface area contributed by atoms with E-state index in [1.165, 1.54) is 27.8 Å². The van der Waals surface area contributed by atoms with Gasteiger partial charge in [0, 0.05) is 25.6 Å². The predicted octanol–water partition coefficient (Wildman–Crippen LogP) is 3.56. The van der Waals surface area contributed by atoms with Gasteiger partial charge in [0.2, 0.25) is 10.0 Å². The summed E-state index contributed by atoms with van der Waals surface area (Å²) in [6.45, 7) is 4.79. The van der Waals surface area contributed by atoms with Gasteiger partial charge in [-0.05, 0) is 49.2 Å². The first-order valence-electron chi connectivity index (χ1n) is 9.93. The number of hydrogen-bond acceptors (Lipinski definition) is 4. The molecule has 0 atom stereocenters. The molecule has 2 aromatic carbocycles. The van der Waals surface area contributed by atoms with Crippen LogP contribution >= 0.6 is 11.3 Å². The van der Waals surface area contributed by atoms with Gasteiger partial charge < -0.3 is 4.57 Å². The molecule has 6 nitrogen and oxygen atoms in total. The van der Waals surface area contributed by atoms with Crippen LogP contribution in [0.3, 0.4) is 0 Å². The number of allylic oxidation sites excluding steroid dienone is 1. The first kappa shape index (κ1) is 21.6. The number of rotatable bonds is 5. The average Bonchev–Trinajstić information content (AvgIpc) is 3.11. The maximum Gasteiger partial charge on any atom is 0.251 e. The summed E-state index contributed by atoms with van der Waals surface area (Å²) in [6.07, 6.45) is 2.56. The zero-order valence-electron chi connectivity index (χ0n) is 16.8. The zero-order valence-corrected chi connectivity index (χ0v) is 18.4. The zero-order chi connectivity index (χ0) is 22.0. The number of halogens is 1. The number of hydrogen-bond donors (Lipinski definition) is 0. The molecule has 4 rings (SSSR count). The highest BCUT2D eigenvalue weighted by atomic mass is 32.2. The minimum atomic E-state index is -3.71. The molecule has 1 aliphatic heterocycles. The Morgan fingerprint density at radius 2 is 1.84 bits per heavy atom. The highest BCUT2D eigenvalue weighted by Gasteiger charge is 2.32. The van der Waals surface area contributed by atoms with Crippen molar-refractivity contribution < 1.29 is 17.6 Å². The molecule has 1 fully saturated rings. The number of aromatic nitrogens is 1. The minimum absolute atomic E-state index is 0.0547. The van der Waals surface area contributed by atoms with E-state index in [1.54, 1.807) is 6.08 Å². The van der Waals surface area contributed by atoms with Crippen LogP contribution in [0.4, 0.5) is 4.39 Å². The van der Waals surface area contributed by atoms with E-state index in [9.17, 15) is 17.6 Å². The van der Waals surface area contributed by atoms with Crippen LogP contribution in [0.15, 0.2) is 71.1 Å². The van der Waals surface area contributed by atoms with Crippen molar-refractivity contribution in [1.82, 2.24) is 8.87 Å². The van der Waals surface area contributed by atoms with Crippen molar-refractivity contribution in [2.24, 2.45) is 10.9 Å². The first-order valence-corrected chi connectivity index (χ1v) is 12.2. The highest BCUT2D eigenvalue weighted by molar-refractivity contribution is 7.89. The van der Waals surface area contributed by atoms with Crippen molar-refractivity contribution in [2.75, 3.05) is 13.1 Å². The highest BCUT2D eigenvalue weighted by Crippen LogP contribution is 2.25. The van der Waals surface area contributed by atoms with Crippen LogP contribution in [0, 0.1) is 11.7 Å².